The fourth-order valence-corrected chi connectivity index (χ4v) is 1.75. The maximum absolute atomic E-state index is 11.9. The van der Waals surface area contributed by atoms with Crippen LogP contribution >= 0.6 is 0 Å². The van der Waals surface area contributed by atoms with E-state index in [0.717, 1.165) is 0 Å². The number of carbonyl (C=O) groups excluding carboxylic acids is 2. The average molecular weight is 254 g/mol. The first-order valence-corrected chi connectivity index (χ1v) is 5.59. The van der Waals surface area contributed by atoms with E-state index in [1.807, 2.05) is 0 Å². The number of hydrogen-bond acceptors (Lipinski definition) is 5. The number of esters is 2. The first-order chi connectivity index (χ1) is 7.67. The molecule has 0 atom stereocenters. The van der Waals surface area contributed by atoms with Crippen LogP contribution in [0.3, 0.4) is 0 Å². The van der Waals surface area contributed by atoms with Crippen LogP contribution in [0, 0.1) is 5.41 Å². The SMILES string of the molecule is CCOC(=O)C1(C(=O)OCC)CCOCC1.[H-].[Na+]. The van der Waals surface area contributed by atoms with Gasteiger partial charge in [-0.2, -0.15) is 0 Å². The topological polar surface area (TPSA) is 61.8 Å². The molecule has 1 fully saturated rings. The van der Waals surface area contributed by atoms with Crippen LogP contribution in [0.5, 0.6) is 0 Å². The molecule has 0 bridgehead atoms. The van der Waals surface area contributed by atoms with E-state index >= 15 is 0 Å². The summed E-state index contributed by atoms with van der Waals surface area (Å²) in [7, 11) is 0. The van der Waals surface area contributed by atoms with Gasteiger partial charge in [0.15, 0.2) is 5.41 Å². The molecule has 1 aliphatic heterocycles. The molecule has 0 aliphatic carbocycles. The van der Waals surface area contributed by atoms with Gasteiger partial charge in [0, 0.05) is 13.2 Å². The Morgan fingerprint density at radius 2 is 1.53 bits per heavy atom. The molecule has 0 aromatic heterocycles. The number of carbonyl (C=O) groups is 2. The number of rotatable bonds is 4. The summed E-state index contributed by atoms with van der Waals surface area (Å²) in [6.07, 6.45) is 0.676. The van der Waals surface area contributed by atoms with Gasteiger partial charge in [-0.25, -0.2) is 0 Å². The average Bonchev–Trinajstić information content (AvgIpc) is 2.30. The van der Waals surface area contributed by atoms with Crippen LogP contribution in [0.15, 0.2) is 0 Å². The van der Waals surface area contributed by atoms with Crippen molar-refractivity contribution in [2.75, 3.05) is 26.4 Å². The van der Waals surface area contributed by atoms with E-state index in [2.05, 4.69) is 0 Å². The molecule has 5 nitrogen and oxygen atoms in total. The van der Waals surface area contributed by atoms with E-state index in [1.165, 1.54) is 0 Å². The fraction of sp³-hybridized carbons (Fsp3) is 0.818. The summed E-state index contributed by atoms with van der Waals surface area (Å²) >= 11 is 0. The standard InChI is InChI=1S/C11H18O5.Na.H/c1-3-15-9(12)11(10(13)16-4-2)5-7-14-8-6-11;;/h3-8H2,1-2H3;;/q;+1;-1. The maximum Gasteiger partial charge on any atom is 1.00 e. The molecule has 1 aliphatic rings. The van der Waals surface area contributed by atoms with Gasteiger partial charge in [0.2, 0.25) is 0 Å². The molecular formula is C11H19NaO5. The summed E-state index contributed by atoms with van der Waals surface area (Å²) in [5, 5.41) is 0. The van der Waals surface area contributed by atoms with Crippen LogP contribution in [0.1, 0.15) is 28.1 Å². The molecule has 0 saturated carbocycles. The molecule has 0 aromatic rings. The van der Waals surface area contributed by atoms with Crippen molar-refractivity contribution in [2.45, 2.75) is 26.7 Å². The van der Waals surface area contributed by atoms with Gasteiger partial charge in [0.25, 0.3) is 0 Å². The monoisotopic (exact) mass is 254 g/mol. The van der Waals surface area contributed by atoms with E-state index < -0.39 is 17.4 Å². The van der Waals surface area contributed by atoms with Gasteiger partial charge in [0.1, 0.15) is 0 Å². The second kappa shape index (κ2) is 8.08. The Bertz CT molecular complexity index is 246. The second-order valence-electron chi connectivity index (χ2n) is 3.64. The second-order valence-corrected chi connectivity index (χ2v) is 3.64. The van der Waals surface area contributed by atoms with Gasteiger partial charge >= 0.3 is 41.5 Å². The quantitative estimate of drug-likeness (QED) is 0.331. The van der Waals surface area contributed by atoms with Gasteiger partial charge in [0.05, 0.1) is 13.2 Å². The van der Waals surface area contributed by atoms with Gasteiger partial charge in [-0.05, 0) is 26.7 Å². The summed E-state index contributed by atoms with van der Waals surface area (Å²) in [5.41, 5.74) is -1.15. The van der Waals surface area contributed by atoms with Crippen LogP contribution in [0.25, 0.3) is 0 Å². The molecule has 1 saturated heterocycles. The van der Waals surface area contributed by atoms with Crippen LogP contribution < -0.4 is 29.6 Å². The minimum Gasteiger partial charge on any atom is -1.00 e. The fourth-order valence-electron chi connectivity index (χ4n) is 1.75. The van der Waals surface area contributed by atoms with Gasteiger partial charge in [-0.1, -0.05) is 0 Å². The van der Waals surface area contributed by atoms with Crippen LogP contribution in [-0.2, 0) is 23.8 Å². The first kappa shape index (κ1) is 16.9. The van der Waals surface area contributed by atoms with Crippen LogP contribution in [-0.4, -0.2) is 38.4 Å². The third-order valence-electron chi connectivity index (χ3n) is 2.68. The third-order valence-corrected chi connectivity index (χ3v) is 2.68. The van der Waals surface area contributed by atoms with Crippen molar-refractivity contribution in [1.29, 1.82) is 0 Å². The minimum absolute atomic E-state index is 0. The molecule has 0 spiro atoms. The summed E-state index contributed by atoms with van der Waals surface area (Å²) in [6.45, 7) is 4.74. The van der Waals surface area contributed by atoms with Crippen molar-refractivity contribution >= 4 is 11.9 Å². The Morgan fingerprint density at radius 3 is 1.88 bits per heavy atom. The Morgan fingerprint density at radius 1 is 1.12 bits per heavy atom. The number of hydrogen-bond donors (Lipinski definition) is 0. The van der Waals surface area contributed by atoms with Crippen molar-refractivity contribution in [3.63, 3.8) is 0 Å². The Labute approximate surface area is 125 Å². The zero-order valence-electron chi connectivity index (χ0n) is 11.8. The third kappa shape index (κ3) is 3.95. The zero-order chi connectivity index (χ0) is 12.0. The van der Waals surface area contributed by atoms with Crippen LogP contribution in [0.2, 0.25) is 0 Å². The van der Waals surface area contributed by atoms with Gasteiger partial charge in [-0.15, -0.1) is 0 Å². The van der Waals surface area contributed by atoms with Gasteiger partial charge in [-0.3, -0.25) is 9.59 Å². The van der Waals surface area contributed by atoms with E-state index in [-0.39, 0.29) is 44.2 Å². The molecular weight excluding hydrogens is 235 g/mol. The molecule has 0 radical (unpaired) electrons. The molecule has 0 amide bonds. The first-order valence-electron chi connectivity index (χ1n) is 5.59. The molecule has 1 rings (SSSR count). The zero-order valence-corrected chi connectivity index (χ0v) is 12.8. The molecule has 1 heterocycles. The molecule has 17 heavy (non-hydrogen) atoms. The predicted molar refractivity (Wildman–Crippen MR) is 56.9 cm³/mol. The normalized spacial score (nSPS) is 17.8. The van der Waals surface area contributed by atoms with E-state index in [1.54, 1.807) is 13.8 Å². The molecule has 94 valence electrons. The minimum atomic E-state index is -1.15. The summed E-state index contributed by atoms with van der Waals surface area (Å²) in [4.78, 5) is 23.7. The maximum atomic E-state index is 11.9. The van der Waals surface area contributed by atoms with E-state index in [4.69, 9.17) is 14.2 Å². The predicted octanol–water partition coefficient (Wildman–Crippen LogP) is -1.97. The molecule has 6 heteroatoms. The Kier molecular flexibility index (Phi) is 8.03. The summed E-state index contributed by atoms with van der Waals surface area (Å²) < 4.78 is 15.1. The molecule has 0 aromatic carbocycles. The smallest absolute Gasteiger partial charge is 1.00 e. The van der Waals surface area contributed by atoms with Crippen molar-refractivity contribution in [3.8, 4) is 0 Å². The van der Waals surface area contributed by atoms with Crippen molar-refractivity contribution in [3.05, 3.63) is 0 Å². The van der Waals surface area contributed by atoms with Crippen molar-refractivity contribution in [2.24, 2.45) is 5.41 Å². The van der Waals surface area contributed by atoms with Crippen molar-refractivity contribution < 1.29 is 54.8 Å². The Balaban J connectivity index is 0. The van der Waals surface area contributed by atoms with E-state index in [9.17, 15) is 9.59 Å². The largest absolute Gasteiger partial charge is 1.00 e. The van der Waals surface area contributed by atoms with Crippen LogP contribution in [0.4, 0.5) is 0 Å². The number of ether oxygens (including phenoxy) is 3. The molecule has 0 unspecified atom stereocenters. The van der Waals surface area contributed by atoms with E-state index in [0.29, 0.717) is 26.1 Å². The van der Waals surface area contributed by atoms with Crippen molar-refractivity contribution in [1.82, 2.24) is 0 Å². The summed E-state index contributed by atoms with van der Waals surface area (Å²) in [5.74, 6) is -0.978. The summed E-state index contributed by atoms with van der Waals surface area (Å²) in [6, 6.07) is 0. The molecule has 0 N–H and O–H groups in total. The van der Waals surface area contributed by atoms with Gasteiger partial charge < -0.3 is 15.6 Å². The Hall–Kier alpha value is -0.100.